The molecule has 5 aromatic rings. The zero-order valence-corrected chi connectivity index (χ0v) is 16.5. The zero-order chi connectivity index (χ0) is 22.1. The smallest absolute Gasteiger partial charge is 0.333 e. The molecule has 3 heterocycles. The van der Waals surface area contributed by atoms with Crippen molar-refractivity contribution in [2.24, 2.45) is 0 Å². The molecule has 32 heavy (non-hydrogen) atoms. The molecule has 0 saturated heterocycles. The number of imidazole rings is 1. The lowest BCUT2D eigenvalue weighted by molar-refractivity contribution is 0.0568. The molecule has 0 bridgehead atoms. The summed E-state index contributed by atoms with van der Waals surface area (Å²) in [6.45, 7) is -2.49. The molecule has 7 nitrogen and oxygen atoms in total. The van der Waals surface area contributed by atoms with Gasteiger partial charge in [-0.05, 0) is 36.4 Å². The number of nitrogens with one attached hydrogen (secondary N) is 2. The molecule has 2 aromatic carbocycles. The SMILES string of the molecule is Fc1cccc(NCc2nc(-c3ccc4nccnc4c3)c(-c3ccn(C(F)F)n3)[nH]2)c1. The van der Waals surface area contributed by atoms with Crippen LogP contribution in [-0.2, 0) is 6.54 Å². The maximum absolute atomic E-state index is 13.5. The Kier molecular flexibility index (Phi) is 5.02. The molecule has 10 heteroatoms. The molecule has 0 radical (unpaired) electrons. The molecule has 0 spiro atoms. The minimum Gasteiger partial charge on any atom is -0.378 e. The second kappa shape index (κ2) is 8.14. The van der Waals surface area contributed by atoms with Crippen LogP contribution in [0.15, 0.2) is 67.1 Å². The Balaban J connectivity index is 1.54. The first kappa shape index (κ1) is 19.7. The van der Waals surface area contributed by atoms with Crippen LogP contribution < -0.4 is 5.32 Å². The lowest BCUT2D eigenvalue weighted by Gasteiger charge is -2.03. The summed E-state index contributed by atoms with van der Waals surface area (Å²) in [4.78, 5) is 16.4. The van der Waals surface area contributed by atoms with Crippen LogP contribution in [0.5, 0.6) is 0 Å². The molecule has 5 rings (SSSR count). The van der Waals surface area contributed by atoms with Crippen LogP contribution in [0.2, 0.25) is 0 Å². The molecule has 0 unspecified atom stereocenters. The number of rotatable bonds is 6. The minimum absolute atomic E-state index is 0.263. The summed E-state index contributed by atoms with van der Waals surface area (Å²) >= 11 is 0. The van der Waals surface area contributed by atoms with Gasteiger partial charge in [-0.25, -0.2) is 14.1 Å². The van der Waals surface area contributed by atoms with E-state index in [1.54, 1.807) is 24.5 Å². The van der Waals surface area contributed by atoms with Crippen LogP contribution in [0, 0.1) is 5.82 Å². The number of H-pyrrole nitrogens is 1. The summed E-state index contributed by atoms with van der Waals surface area (Å²) in [7, 11) is 0. The van der Waals surface area contributed by atoms with E-state index in [-0.39, 0.29) is 12.4 Å². The van der Waals surface area contributed by atoms with Gasteiger partial charge in [0.15, 0.2) is 0 Å². The molecule has 3 aromatic heterocycles. The van der Waals surface area contributed by atoms with Gasteiger partial charge < -0.3 is 10.3 Å². The van der Waals surface area contributed by atoms with E-state index >= 15 is 0 Å². The van der Waals surface area contributed by atoms with E-state index in [1.807, 2.05) is 18.2 Å². The third-order valence-corrected chi connectivity index (χ3v) is 4.84. The van der Waals surface area contributed by atoms with Crippen molar-refractivity contribution < 1.29 is 13.2 Å². The highest BCUT2D eigenvalue weighted by molar-refractivity contribution is 5.84. The molecule has 0 aliphatic rings. The Morgan fingerprint density at radius 1 is 1.00 bits per heavy atom. The zero-order valence-electron chi connectivity index (χ0n) is 16.5. The third kappa shape index (κ3) is 3.89. The standard InChI is InChI=1S/C22H16F3N7/c23-14-2-1-3-15(11-14)28-12-19-29-20(13-4-5-16-18(10-13)27-8-7-26-16)21(30-19)17-6-9-32(31-17)22(24)25/h1-11,22,28H,12H2,(H,29,30). The largest absolute Gasteiger partial charge is 0.378 e. The highest BCUT2D eigenvalue weighted by Crippen LogP contribution is 2.31. The predicted molar refractivity (Wildman–Crippen MR) is 113 cm³/mol. The Morgan fingerprint density at radius 2 is 1.84 bits per heavy atom. The first-order valence-corrected chi connectivity index (χ1v) is 9.70. The first-order chi connectivity index (χ1) is 15.6. The molecule has 0 aliphatic heterocycles. The highest BCUT2D eigenvalue weighted by atomic mass is 19.3. The molecule has 2 N–H and O–H groups in total. The monoisotopic (exact) mass is 435 g/mol. The fourth-order valence-corrected chi connectivity index (χ4v) is 3.38. The van der Waals surface area contributed by atoms with Crippen molar-refractivity contribution in [1.82, 2.24) is 29.7 Å². The van der Waals surface area contributed by atoms with Crippen LogP contribution in [0.3, 0.4) is 0 Å². The molecule has 0 aliphatic carbocycles. The van der Waals surface area contributed by atoms with Crippen LogP contribution in [0.25, 0.3) is 33.7 Å². The van der Waals surface area contributed by atoms with Gasteiger partial charge in [0.1, 0.15) is 17.3 Å². The number of fused-ring (bicyclic) bond motifs is 1. The predicted octanol–water partition coefficient (Wildman–Crippen LogP) is 5.03. The number of aromatic nitrogens is 6. The summed E-state index contributed by atoms with van der Waals surface area (Å²) in [5.41, 5.74) is 4.07. The fourth-order valence-electron chi connectivity index (χ4n) is 3.38. The fraction of sp³-hybridized carbons (Fsp3) is 0.0909. The van der Waals surface area contributed by atoms with Gasteiger partial charge in [0.2, 0.25) is 0 Å². The molecule has 0 fully saturated rings. The second-order valence-corrected chi connectivity index (χ2v) is 6.99. The summed E-state index contributed by atoms with van der Waals surface area (Å²) < 4.78 is 40.2. The molecule has 160 valence electrons. The Labute approximate surface area is 180 Å². The van der Waals surface area contributed by atoms with Crippen molar-refractivity contribution >= 4 is 16.7 Å². The van der Waals surface area contributed by atoms with E-state index in [2.05, 4.69) is 30.4 Å². The summed E-state index contributed by atoms with van der Waals surface area (Å²) in [5, 5.41) is 7.07. The van der Waals surface area contributed by atoms with E-state index in [9.17, 15) is 13.2 Å². The number of anilines is 1. The number of benzene rings is 2. The quantitative estimate of drug-likeness (QED) is 0.391. The van der Waals surface area contributed by atoms with Gasteiger partial charge in [-0.1, -0.05) is 12.1 Å². The van der Waals surface area contributed by atoms with Gasteiger partial charge in [-0.3, -0.25) is 9.97 Å². The number of alkyl halides is 2. The van der Waals surface area contributed by atoms with Crippen LogP contribution in [0.1, 0.15) is 12.4 Å². The number of aromatic amines is 1. The summed E-state index contributed by atoms with van der Waals surface area (Å²) in [6.07, 6.45) is 4.41. The van der Waals surface area contributed by atoms with Crippen molar-refractivity contribution in [3.63, 3.8) is 0 Å². The topological polar surface area (TPSA) is 84.3 Å². The molecule has 0 atom stereocenters. The van der Waals surface area contributed by atoms with Crippen molar-refractivity contribution in [1.29, 1.82) is 0 Å². The van der Waals surface area contributed by atoms with Crippen LogP contribution in [-0.4, -0.2) is 29.7 Å². The van der Waals surface area contributed by atoms with Crippen molar-refractivity contribution in [3.05, 3.63) is 78.8 Å². The Hall–Kier alpha value is -4.21. The van der Waals surface area contributed by atoms with E-state index < -0.39 is 6.55 Å². The first-order valence-electron chi connectivity index (χ1n) is 9.70. The van der Waals surface area contributed by atoms with E-state index in [1.165, 1.54) is 24.4 Å². The second-order valence-electron chi connectivity index (χ2n) is 6.99. The number of hydrogen-bond acceptors (Lipinski definition) is 5. The molecular weight excluding hydrogens is 419 g/mol. The van der Waals surface area contributed by atoms with Gasteiger partial charge in [0.25, 0.3) is 0 Å². The normalized spacial score (nSPS) is 11.4. The third-order valence-electron chi connectivity index (χ3n) is 4.84. The van der Waals surface area contributed by atoms with Crippen molar-refractivity contribution in [2.75, 3.05) is 5.32 Å². The van der Waals surface area contributed by atoms with Gasteiger partial charge >= 0.3 is 6.55 Å². The lowest BCUT2D eigenvalue weighted by Crippen LogP contribution is -2.01. The Morgan fingerprint density at radius 3 is 2.62 bits per heavy atom. The Bertz CT molecular complexity index is 1390. The number of halogens is 3. The average Bonchev–Trinajstić information content (AvgIpc) is 3.45. The van der Waals surface area contributed by atoms with Gasteiger partial charge in [0.05, 0.1) is 29.0 Å². The summed E-state index contributed by atoms with van der Waals surface area (Å²) in [6, 6.07) is 13.0. The number of nitrogens with zero attached hydrogens (tertiary/aromatic N) is 5. The maximum Gasteiger partial charge on any atom is 0.333 e. The maximum atomic E-state index is 13.5. The number of hydrogen-bond donors (Lipinski definition) is 2. The van der Waals surface area contributed by atoms with E-state index in [0.717, 1.165) is 11.1 Å². The van der Waals surface area contributed by atoms with Crippen LogP contribution >= 0.6 is 0 Å². The molecule has 0 amide bonds. The van der Waals surface area contributed by atoms with E-state index in [4.69, 9.17) is 0 Å². The highest BCUT2D eigenvalue weighted by Gasteiger charge is 2.18. The van der Waals surface area contributed by atoms with Gasteiger partial charge in [-0.15, -0.1) is 0 Å². The van der Waals surface area contributed by atoms with E-state index in [0.29, 0.717) is 38.8 Å². The summed E-state index contributed by atoms with van der Waals surface area (Å²) in [5.74, 6) is 0.177. The molecule has 0 saturated carbocycles. The van der Waals surface area contributed by atoms with Crippen molar-refractivity contribution in [2.45, 2.75) is 13.1 Å². The van der Waals surface area contributed by atoms with Crippen LogP contribution in [0.4, 0.5) is 18.9 Å². The van der Waals surface area contributed by atoms with Gasteiger partial charge in [0, 0.05) is 29.8 Å². The molecular formula is C22H16F3N7. The lowest BCUT2D eigenvalue weighted by atomic mass is 10.1. The van der Waals surface area contributed by atoms with Crippen molar-refractivity contribution in [3.8, 4) is 22.6 Å². The average molecular weight is 435 g/mol. The minimum atomic E-state index is -2.75. The van der Waals surface area contributed by atoms with Gasteiger partial charge in [-0.2, -0.15) is 13.9 Å².